The van der Waals surface area contributed by atoms with Gasteiger partial charge in [0, 0.05) is 37.4 Å². The maximum absolute atomic E-state index is 6.08. The van der Waals surface area contributed by atoms with Crippen LogP contribution in [0.5, 0.6) is 5.75 Å². The summed E-state index contributed by atoms with van der Waals surface area (Å²) in [5.41, 5.74) is 0. The van der Waals surface area contributed by atoms with Crippen LogP contribution in [-0.4, -0.2) is 36.6 Å². The van der Waals surface area contributed by atoms with Crippen molar-refractivity contribution < 1.29 is 4.74 Å². The standard InChI is InChI=1S/C19H25N3OS.HI/c1-2-20-19(21-15-18-9-6-14-24-18)22-12-10-17(11-13-22)23-16-7-4-3-5-8-16;/h3-9,14,17H,2,10-13,15H2,1H3,(H,20,21);1H. The molecule has 0 aliphatic carbocycles. The molecule has 3 rings (SSSR count). The van der Waals surface area contributed by atoms with Gasteiger partial charge in [-0.3, -0.25) is 0 Å². The molecule has 136 valence electrons. The average molecular weight is 471 g/mol. The molecule has 0 spiro atoms. The van der Waals surface area contributed by atoms with Crippen LogP contribution in [0.25, 0.3) is 0 Å². The lowest BCUT2D eigenvalue weighted by Gasteiger charge is -2.34. The second-order valence-corrected chi connectivity index (χ2v) is 6.90. The second-order valence-electron chi connectivity index (χ2n) is 5.87. The summed E-state index contributed by atoms with van der Waals surface area (Å²) >= 11 is 1.76. The lowest BCUT2D eigenvalue weighted by atomic mass is 10.1. The van der Waals surface area contributed by atoms with Gasteiger partial charge in [0.05, 0.1) is 6.54 Å². The summed E-state index contributed by atoms with van der Waals surface area (Å²) in [5, 5.41) is 5.52. The second kappa shape index (κ2) is 10.7. The number of halogens is 1. The van der Waals surface area contributed by atoms with E-state index in [4.69, 9.17) is 9.73 Å². The van der Waals surface area contributed by atoms with Gasteiger partial charge < -0.3 is 15.0 Å². The van der Waals surface area contributed by atoms with Crippen LogP contribution in [0.1, 0.15) is 24.6 Å². The van der Waals surface area contributed by atoms with Gasteiger partial charge in [-0.2, -0.15) is 0 Å². The zero-order valence-electron chi connectivity index (χ0n) is 14.6. The molecule has 2 aromatic rings. The van der Waals surface area contributed by atoms with Gasteiger partial charge in [-0.15, -0.1) is 35.3 Å². The third-order valence-corrected chi connectivity index (χ3v) is 4.95. The Hall–Kier alpha value is -1.28. The van der Waals surface area contributed by atoms with Crippen LogP contribution >= 0.6 is 35.3 Å². The number of rotatable bonds is 5. The van der Waals surface area contributed by atoms with Crippen LogP contribution in [0.4, 0.5) is 0 Å². The number of nitrogens with zero attached hydrogens (tertiary/aromatic N) is 2. The van der Waals surface area contributed by atoms with Crippen LogP contribution in [0.2, 0.25) is 0 Å². The number of likely N-dealkylation sites (tertiary alicyclic amines) is 1. The predicted molar refractivity (Wildman–Crippen MR) is 116 cm³/mol. The minimum absolute atomic E-state index is 0. The fourth-order valence-electron chi connectivity index (χ4n) is 2.86. The van der Waals surface area contributed by atoms with E-state index in [0.717, 1.165) is 50.7 Å². The molecule has 1 aliphatic heterocycles. The maximum Gasteiger partial charge on any atom is 0.194 e. The summed E-state index contributed by atoms with van der Waals surface area (Å²) in [7, 11) is 0. The highest BCUT2D eigenvalue weighted by Gasteiger charge is 2.22. The van der Waals surface area contributed by atoms with Gasteiger partial charge in [0.2, 0.25) is 0 Å². The summed E-state index contributed by atoms with van der Waals surface area (Å²) in [4.78, 5) is 8.44. The largest absolute Gasteiger partial charge is 0.490 e. The lowest BCUT2D eigenvalue weighted by molar-refractivity contribution is 0.129. The zero-order valence-corrected chi connectivity index (χ0v) is 17.7. The van der Waals surface area contributed by atoms with E-state index in [1.807, 2.05) is 30.3 Å². The minimum Gasteiger partial charge on any atom is -0.490 e. The van der Waals surface area contributed by atoms with E-state index in [1.54, 1.807) is 11.3 Å². The van der Waals surface area contributed by atoms with Gasteiger partial charge in [-0.05, 0) is 30.5 Å². The van der Waals surface area contributed by atoms with Crippen LogP contribution in [0, 0.1) is 0 Å². The van der Waals surface area contributed by atoms with Gasteiger partial charge in [-0.1, -0.05) is 24.3 Å². The Balaban J connectivity index is 0.00000225. The third-order valence-electron chi connectivity index (χ3n) is 4.09. The Morgan fingerprint density at radius 1 is 1.20 bits per heavy atom. The van der Waals surface area contributed by atoms with E-state index < -0.39 is 0 Å². The molecule has 1 aliphatic rings. The topological polar surface area (TPSA) is 36.9 Å². The summed E-state index contributed by atoms with van der Waals surface area (Å²) in [5.74, 6) is 1.98. The van der Waals surface area contributed by atoms with Gasteiger partial charge in [0.25, 0.3) is 0 Å². The number of aliphatic imine (C=N–C) groups is 1. The van der Waals surface area contributed by atoms with Crippen molar-refractivity contribution in [1.29, 1.82) is 0 Å². The van der Waals surface area contributed by atoms with E-state index >= 15 is 0 Å². The summed E-state index contributed by atoms with van der Waals surface area (Å²) in [6.07, 6.45) is 2.35. The highest BCUT2D eigenvalue weighted by Crippen LogP contribution is 2.19. The number of hydrogen-bond donors (Lipinski definition) is 1. The quantitative estimate of drug-likeness (QED) is 0.400. The molecule has 1 aromatic heterocycles. The van der Waals surface area contributed by atoms with Gasteiger partial charge >= 0.3 is 0 Å². The molecular weight excluding hydrogens is 445 g/mol. The number of ether oxygens (including phenoxy) is 1. The summed E-state index contributed by atoms with van der Waals surface area (Å²) in [6.45, 7) is 5.72. The Bertz CT molecular complexity index is 625. The molecule has 0 saturated carbocycles. The Kier molecular flexibility index (Phi) is 8.54. The SMILES string of the molecule is CCNC(=NCc1cccs1)N1CCC(Oc2ccccc2)CC1.I. The first-order chi connectivity index (χ1) is 11.8. The molecule has 25 heavy (non-hydrogen) atoms. The average Bonchev–Trinajstić information content (AvgIpc) is 3.14. The van der Waals surface area contributed by atoms with E-state index in [0.29, 0.717) is 6.10 Å². The first-order valence-corrected chi connectivity index (χ1v) is 9.50. The molecule has 1 saturated heterocycles. The predicted octanol–water partition coefficient (Wildman–Crippen LogP) is 4.38. The number of guanidine groups is 1. The van der Waals surface area contributed by atoms with Crippen molar-refractivity contribution >= 4 is 41.3 Å². The minimum atomic E-state index is 0. The molecule has 1 fully saturated rings. The maximum atomic E-state index is 6.08. The first-order valence-electron chi connectivity index (χ1n) is 8.62. The molecule has 0 radical (unpaired) electrons. The zero-order chi connectivity index (χ0) is 16.6. The van der Waals surface area contributed by atoms with Crippen molar-refractivity contribution in [2.45, 2.75) is 32.4 Å². The Morgan fingerprint density at radius 3 is 2.60 bits per heavy atom. The molecule has 6 heteroatoms. The van der Waals surface area contributed by atoms with E-state index in [1.165, 1.54) is 4.88 Å². The normalized spacial score (nSPS) is 15.6. The van der Waals surface area contributed by atoms with Crippen molar-refractivity contribution in [3.05, 3.63) is 52.7 Å². The molecule has 0 bridgehead atoms. The number of piperidine rings is 1. The number of nitrogens with one attached hydrogen (secondary N) is 1. The van der Waals surface area contributed by atoms with Crippen LogP contribution in [0.3, 0.4) is 0 Å². The Morgan fingerprint density at radius 2 is 1.96 bits per heavy atom. The van der Waals surface area contributed by atoms with Crippen molar-refractivity contribution in [1.82, 2.24) is 10.2 Å². The molecule has 2 heterocycles. The van der Waals surface area contributed by atoms with E-state index in [2.05, 4.69) is 34.7 Å². The molecule has 0 unspecified atom stereocenters. The lowest BCUT2D eigenvalue weighted by Crippen LogP contribution is -2.47. The summed E-state index contributed by atoms with van der Waals surface area (Å²) < 4.78 is 6.08. The van der Waals surface area contributed by atoms with Crippen LogP contribution < -0.4 is 10.1 Å². The number of thiophene rings is 1. The molecule has 1 N–H and O–H groups in total. The Labute approximate surface area is 171 Å². The first kappa shape index (κ1) is 20.0. The monoisotopic (exact) mass is 471 g/mol. The number of para-hydroxylation sites is 1. The highest BCUT2D eigenvalue weighted by atomic mass is 127. The van der Waals surface area contributed by atoms with E-state index in [-0.39, 0.29) is 24.0 Å². The van der Waals surface area contributed by atoms with Crippen molar-refractivity contribution in [3.63, 3.8) is 0 Å². The molecule has 0 amide bonds. The van der Waals surface area contributed by atoms with Crippen molar-refractivity contribution in [2.24, 2.45) is 4.99 Å². The molecule has 1 aromatic carbocycles. The highest BCUT2D eigenvalue weighted by molar-refractivity contribution is 14.0. The number of benzene rings is 1. The fraction of sp³-hybridized carbons (Fsp3) is 0.421. The van der Waals surface area contributed by atoms with Crippen LogP contribution in [-0.2, 0) is 6.54 Å². The fourth-order valence-corrected chi connectivity index (χ4v) is 3.49. The molecule has 0 atom stereocenters. The molecule has 4 nitrogen and oxygen atoms in total. The van der Waals surface area contributed by atoms with Gasteiger partial charge in [0.1, 0.15) is 11.9 Å². The molecular formula is C19H26IN3OS. The summed E-state index contributed by atoms with van der Waals surface area (Å²) in [6, 6.07) is 14.3. The smallest absolute Gasteiger partial charge is 0.194 e. The van der Waals surface area contributed by atoms with Gasteiger partial charge in [0.15, 0.2) is 5.96 Å². The van der Waals surface area contributed by atoms with E-state index in [9.17, 15) is 0 Å². The third kappa shape index (κ3) is 6.18. The van der Waals surface area contributed by atoms with Crippen molar-refractivity contribution in [2.75, 3.05) is 19.6 Å². The van der Waals surface area contributed by atoms with Gasteiger partial charge in [-0.25, -0.2) is 4.99 Å². The number of hydrogen-bond acceptors (Lipinski definition) is 3. The van der Waals surface area contributed by atoms with Crippen LogP contribution in [0.15, 0.2) is 52.8 Å². The van der Waals surface area contributed by atoms with Crippen molar-refractivity contribution in [3.8, 4) is 5.75 Å².